The highest BCUT2D eigenvalue weighted by atomic mass is 35.5. The zero-order valence-electron chi connectivity index (χ0n) is 12.0. The van der Waals surface area contributed by atoms with Crippen LogP contribution in [0, 0.1) is 0 Å². The van der Waals surface area contributed by atoms with E-state index < -0.39 is 0 Å². The zero-order valence-corrected chi connectivity index (χ0v) is 12.8. The van der Waals surface area contributed by atoms with Crippen molar-refractivity contribution in [2.45, 2.75) is 0 Å². The number of amides is 1. The summed E-state index contributed by atoms with van der Waals surface area (Å²) < 4.78 is 0. The minimum absolute atomic E-state index is 0.261. The quantitative estimate of drug-likeness (QED) is 0.566. The van der Waals surface area contributed by atoms with Crippen molar-refractivity contribution in [1.29, 1.82) is 0 Å². The zero-order chi connectivity index (χ0) is 15.8. The first-order valence-corrected chi connectivity index (χ1v) is 7.51. The Morgan fingerprint density at radius 3 is 2.87 bits per heavy atom. The molecule has 0 atom stereocenters. The average molecular weight is 322 g/mol. The maximum atomic E-state index is 12.5. The third-order valence-corrected chi connectivity index (χ3v) is 4.05. The van der Waals surface area contributed by atoms with Gasteiger partial charge in [-0.2, -0.15) is 0 Å². The molecule has 2 aromatic heterocycles. The molecule has 2 heterocycles. The first kappa shape index (κ1) is 13.8. The van der Waals surface area contributed by atoms with Crippen molar-refractivity contribution in [3.05, 3.63) is 71.5 Å². The van der Waals surface area contributed by atoms with E-state index in [-0.39, 0.29) is 5.91 Å². The van der Waals surface area contributed by atoms with Gasteiger partial charge in [0.15, 0.2) is 0 Å². The average Bonchev–Trinajstić information content (AvgIpc) is 3.01. The first-order chi connectivity index (χ1) is 11.2. The number of nitrogens with one attached hydrogen (secondary N) is 2. The van der Waals surface area contributed by atoms with Crippen LogP contribution in [-0.2, 0) is 0 Å². The van der Waals surface area contributed by atoms with E-state index in [0.717, 1.165) is 21.8 Å². The Hall–Kier alpha value is -2.85. The van der Waals surface area contributed by atoms with Crippen molar-refractivity contribution in [2.24, 2.45) is 0 Å². The van der Waals surface area contributed by atoms with E-state index in [9.17, 15) is 4.79 Å². The molecule has 112 valence electrons. The minimum atomic E-state index is -0.261. The van der Waals surface area contributed by atoms with Crippen molar-refractivity contribution in [3.8, 4) is 0 Å². The predicted octanol–water partition coefficient (Wildman–Crippen LogP) is 4.62. The summed E-state index contributed by atoms with van der Waals surface area (Å²) in [5.41, 5.74) is 2.82. The number of aromatic amines is 1. The lowest BCUT2D eigenvalue weighted by Crippen LogP contribution is -2.12. The van der Waals surface area contributed by atoms with E-state index in [1.807, 2.05) is 42.6 Å². The number of hydrogen-bond donors (Lipinski definition) is 2. The summed E-state index contributed by atoms with van der Waals surface area (Å²) in [5.74, 6) is -0.261. The number of anilines is 1. The van der Waals surface area contributed by atoms with Gasteiger partial charge >= 0.3 is 0 Å². The molecule has 0 radical (unpaired) electrons. The fourth-order valence-electron chi connectivity index (χ4n) is 2.58. The van der Waals surface area contributed by atoms with Crippen molar-refractivity contribution >= 4 is 45.0 Å². The summed E-state index contributed by atoms with van der Waals surface area (Å²) in [6.07, 6.45) is 3.46. The molecule has 4 aromatic rings. The van der Waals surface area contributed by atoms with E-state index in [0.29, 0.717) is 16.3 Å². The van der Waals surface area contributed by atoms with Crippen LogP contribution in [0.5, 0.6) is 0 Å². The Labute approximate surface area is 137 Å². The van der Waals surface area contributed by atoms with Crippen LogP contribution < -0.4 is 5.32 Å². The van der Waals surface area contributed by atoms with Crippen LogP contribution in [0.4, 0.5) is 5.69 Å². The lowest BCUT2D eigenvalue weighted by Gasteiger charge is -2.08. The maximum Gasteiger partial charge on any atom is 0.257 e. The Bertz CT molecular complexity index is 1040. The van der Waals surface area contributed by atoms with Gasteiger partial charge in [-0.25, -0.2) is 0 Å². The van der Waals surface area contributed by atoms with Gasteiger partial charge in [-0.05, 0) is 30.3 Å². The molecule has 4 rings (SSSR count). The molecule has 0 aliphatic heterocycles. The second kappa shape index (κ2) is 5.41. The third-order valence-electron chi connectivity index (χ3n) is 3.73. The van der Waals surface area contributed by atoms with Crippen LogP contribution in [0.15, 0.2) is 60.9 Å². The van der Waals surface area contributed by atoms with Gasteiger partial charge in [0.1, 0.15) is 0 Å². The molecule has 2 N–H and O–H groups in total. The number of carbonyl (C=O) groups excluding carboxylic acids is 1. The fourth-order valence-corrected chi connectivity index (χ4v) is 2.84. The van der Waals surface area contributed by atoms with Crippen molar-refractivity contribution < 1.29 is 4.79 Å². The summed E-state index contributed by atoms with van der Waals surface area (Å²) in [7, 11) is 0. The molecule has 5 heteroatoms. The van der Waals surface area contributed by atoms with Gasteiger partial charge in [0.2, 0.25) is 0 Å². The van der Waals surface area contributed by atoms with Gasteiger partial charge < -0.3 is 10.3 Å². The van der Waals surface area contributed by atoms with E-state index in [2.05, 4.69) is 15.3 Å². The predicted molar refractivity (Wildman–Crippen MR) is 93.0 cm³/mol. The highest BCUT2D eigenvalue weighted by Crippen LogP contribution is 2.24. The van der Waals surface area contributed by atoms with Crippen LogP contribution in [-0.4, -0.2) is 15.9 Å². The molecule has 0 aliphatic carbocycles. The minimum Gasteiger partial charge on any atom is -0.361 e. The van der Waals surface area contributed by atoms with Gasteiger partial charge in [0.05, 0.1) is 28.0 Å². The molecule has 0 fully saturated rings. The molecule has 1 amide bonds. The normalized spacial score (nSPS) is 11.0. The van der Waals surface area contributed by atoms with Gasteiger partial charge in [-0.3, -0.25) is 9.78 Å². The Morgan fingerprint density at radius 1 is 1.09 bits per heavy atom. The van der Waals surface area contributed by atoms with Gasteiger partial charge in [0.25, 0.3) is 5.91 Å². The molecular weight excluding hydrogens is 310 g/mol. The van der Waals surface area contributed by atoms with E-state index in [1.165, 1.54) is 0 Å². The number of H-pyrrole nitrogens is 1. The van der Waals surface area contributed by atoms with Crippen molar-refractivity contribution in [3.63, 3.8) is 0 Å². The maximum absolute atomic E-state index is 12.5. The molecule has 0 unspecified atom stereocenters. The molecule has 0 aliphatic rings. The van der Waals surface area contributed by atoms with Gasteiger partial charge in [0, 0.05) is 22.5 Å². The smallest absolute Gasteiger partial charge is 0.257 e. The van der Waals surface area contributed by atoms with E-state index in [4.69, 9.17) is 11.6 Å². The number of halogens is 1. The summed E-state index contributed by atoms with van der Waals surface area (Å²) in [4.78, 5) is 19.9. The number of aromatic nitrogens is 2. The molecule has 0 spiro atoms. The van der Waals surface area contributed by atoms with Crippen LogP contribution in [0.3, 0.4) is 0 Å². The number of benzene rings is 2. The van der Waals surface area contributed by atoms with Crippen LogP contribution in [0.25, 0.3) is 21.8 Å². The largest absolute Gasteiger partial charge is 0.361 e. The molecular formula is C18H12ClN3O. The van der Waals surface area contributed by atoms with E-state index in [1.54, 1.807) is 18.3 Å². The number of fused-ring (bicyclic) bond motifs is 2. The molecule has 23 heavy (non-hydrogen) atoms. The second-order valence-electron chi connectivity index (χ2n) is 5.27. The molecule has 4 nitrogen and oxygen atoms in total. The Balaban J connectivity index is 1.68. The SMILES string of the molecule is O=C(Nc1cnc2ccccc2c1)c1cc2[nH]ccc2cc1Cl. The monoisotopic (exact) mass is 321 g/mol. The molecule has 0 saturated heterocycles. The van der Waals surface area contributed by atoms with Crippen molar-refractivity contribution in [1.82, 2.24) is 9.97 Å². The lowest BCUT2D eigenvalue weighted by atomic mass is 10.1. The topological polar surface area (TPSA) is 57.8 Å². The van der Waals surface area contributed by atoms with Crippen LogP contribution in [0.2, 0.25) is 5.02 Å². The van der Waals surface area contributed by atoms with Crippen molar-refractivity contribution in [2.75, 3.05) is 5.32 Å². The second-order valence-corrected chi connectivity index (χ2v) is 5.67. The first-order valence-electron chi connectivity index (χ1n) is 7.13. The number of nitrogens with zero attached hydrogens (tertiary/aromatic N) is 1. The van der Waals surface area contributed by atoms with Crippen LogP contribution >= 0.6 is 11.6 Å². The molecule has 0 saturated carbocycles. The number of pyridine rings is 1. The lowest BCUT2D eigenvalue weighted by molar-refractivity contribution is 0.102. The summed E-state index contributed by atoms with van der Waals surface area (Å²) in [6.45, 7) is 0. The standard InChI is InChI=1S/C18H12ClN3O/c19-15-8-12-5-6-20-17(12)9-14(15)18(23)22-13-7-11-3-1-2-4-16(11)21-10-13/h1-10,20H,(H,22,23). The number of para-hydroxylation sites is 1. The third kappa shape index (κ3) is 2.53. The molecule has 0 bridgehead atoms. The highest BCUT2D eigenvalue weighted by molar-refractivity contribution is 6.35. The molecule has 2 aromatic carbocycles. The Kier molecular flexibility index (Phi) is 3.24. The van der Waals surface area contributed by atoms with E-state index >= 15 is 0 Å². The fraction of sp³-hybridized carbons (Fsp3) is 0. The summed E-state index contributed by atoms with van der Waals surface area (Å²) in [6, 6.07) is 15.1. The number of hydrogen-bond acceptors (Lipinski definition) is 2. The summed E-state index contributed by atoms with van der Waals surface area (Å²) in [5, 5.41) is 5.21. The number of rotatable bonds is 2. The highest BCUT2D eigenvalue weighted by Gasteiger charge is 2.13. The van der Waals surface area contributed by atoms with Gasteiger partial charge in [-0.15, -0.1) is 0 Å². The Morgan fingerprint density at radius 2 is 1.96 bits per heavy atom. The summed E-state index contributed by atoms with van der Waals surface area (Å²) >= 11 is 6.23. The van der Waals surface area contributed by atoms with Crippen LogP contribution in [0.1, 0.15) is 10.4 Å². The van der Waals surface area contributed by atoms with Gasteiger partial charge in [-0.1, -0.05) is 29.8 Å². The number of carbonyl (C=O) groups is 1.